The van der Waals surface area contributed by atoms with Crippen LogP contribution in [0.4, 0.5) is 10.5 Å². The van der Waals surface area contributed by atoms with Crippen molar-refractivity contribution in [3.63, 3.8) is 0 Å². The number of hydrogen-bond donors (Lipinski definition) is 1. The summed E-state index contributed by atoms with van der Waals surface area (Å²) in [5, 5.41) is 3.48. The molecule has 1 unspecified atom stereocenters. The quantitative estimate of drug-likeness (QED) is 0.758. The Morgan fingerprint density at radius 3 is 2.72 bits per heavy atom. The van der Waals surface area contributed by atoms with Crippen molar-refractivity contribution >= 4 is 27.7 Å². The molecule has 0 radical (unpaired) electrons. The van der Waals surface area contributed by atoms with Crippen LogP contribution < -0.4 is 10.1 Å². The summed E-state index contributed by atoms with van der Waals surface area (Å²) in [5.74, 6) is 0.798. The predicted molar refractivity (Wildman–Crippen MR) is 104 cm³/mol. The lowest BCUT2D eigenvalue weighted by molar-refractivity contribution is 0.0114. The molecule has 2 rings (SSSR count). The Morgan fingerprint density at radius 1 is 1.36 bits per heavy atom. The third-order valence-electron chi connectivity index (χ3n) is 4.25. The van der Waals surface area contributed by atoms with Gasteiger partial charge in [0.15, 0.2) is 0 Å². The van der Waals surface area contributed by atoms with E-state index in [2.05, 4.69) is 27.3 Å². The summed E-state index contributed by atoms with van der Waals surface area (Å²) in [6.45, 7) is 9.17. The highest BCUT2D eigenvalue weighted by molar-refractivity contribution is 9.10. The highest BCUT2D eigenvalue weighted by atomic mass is 79.9. The van der Waals surface area contributed by atoms with Gasteiger partial charge in [0.05, 0.1) is 18.8 Å². The van der Waals surface area contributed by atoms with Crippen LogP contribution in [-0.4, -0.2) is 42.8 Å². The van der Waals surface area contributed by atoms with E-state index in [0.29, 0.717) is 6.54 Å². The minimum atomic E-state index is -0.474. The first kappa shape index (κ1) is 19.9. The van der Waals surface area contributed by atoms with Crippen LogP contribution in [0.3, 0.4) is 0 Å². The molecule has 1 aliphatic heterocycles. The number of hydrogen-bond acceptors (Lipinski definition) is 4. The minimum absolute atomic E-state index is 0.122. The number of ether oxygens (including phenoxy) is 2. The second-order valence-electron chi connectivity index (χ2n) is 7.50. The SMILES string of the molecule is COc1cc(Br)cc(C)c1NCC1CCCCN1C(=O)OC(C)(C)C. The monoisotopic (exact) mass is 412 g/mol. The van der Waals surface area contributed by atoms with E-state index in [-0.39, 0.29) is 12.1 Å². The minimum Gasteiger partial charge on any atom is -0.495 e. The van der Waals surface area contributed by atoms with Crippen LogP contribution in [0.25, 0.3) is 0 Å². The molecule has 6 heteroatoms. The molecule has 0 aromatic heterocycles. The molecular weight excluding hydrogens is 384 g/mol. The molecule has 0 saturated carbocycles. The third kappa shape index (κ3) is 5.53. The molecule has 1 fully saturated rings. The number of aryl methyl sites for hydroxylation is 1. The maximum Gasteiger partial charge on any atom is 0.410 e. The molecule has 0 aliphatic carbocycles. The van der Waals surface area contributed by atoms with Gasteiger partial charge in [0.1, 0.15) is 11.4 Å². The standard InChI is InChI=1S/C19H29BrN2O3/c1-13-10-14(20)11-16(24-5)17(13)21-12-15-8-6-7-9-22(15)18(23)25-19(2,3)4/h10-11,15,21H,6-9,12H2,1-5H3. The zero-order valence-electron chi connectivity index (χ0n) is 15.8. The normalized spacial score (nSPS) is 18.0. The number of nitrogens with zero attached hydrogens (tertiary/aromatic N) is 1. The lowest BCUT2D eigenvalue weighted by Crippen LogP contribution is -2.48. The van der Waals surface area contributed by atoms with Crippen LogP contribution in [-0.2, 0) is 4.74 Å². The Labute approximate surface area is 159 Å². The number of carbonyl (C=O) groups is 1. The topological polar surface area (TPSA) is 50.8 Å². The lowest BCUT2D eigenvalue weighted by atomic mass is 10.0. The van der Waals surface area contributed by atoms with Crippen molar-refractivity contribution in [3.05, 3.63) is 22.2 Å². The van der Waals surface area contributed by atoms with Gasteiger partial charge < -0.3 is 19.7 Å². The van der Waals surface area contributed by atoms with Crippen LogP contribution in [0.2, 0.25) is 0 Å². The molecule has 1 aliphatic rings. The van der Waals surface area contributed by atoms with Gasteiger partial charge in [-0.1, -0.05) is 15.9 Å². The van der Waals surface area contributed by atoms with Crippen LogP contribution >= 0.6 is 15.9 Å². The smallest absolute Gasteiger partial charge is 0.410 e. The number of amides is 1. The highest BCUT2D eigenvalue weighted by Crippen LogP contribution is 2.32. The van der Waals surface area contributed by atoms with Gasteiger partial charge in [0.25, 0.3) is 0 Å². The van der Waals surface area contributed by atoms with Crippen LogP contribution in [0.15, 0.2) is 16.6 Å². The Morgan fingerprint density at radius 2 is 2.08 bits per heavy atom. The number of nitrogens with one attached hydrogen (secondary N) is 1. The zero-order chi connectivity index (χ0) is 18.6. The maximum absolute atomic E-state index is 12.5. The number of likely N-dealkylation sites (tertiary alicyclic amines) is 1. The van der Waals surface area contributed by atoms with E-state index in [1.165, 1.54) is 0 Å². The summed E-state index contributed by atoms with van der Waals surface area (Å²) in [6.07, 6.45) is 2.90. The van der Waals surface area contributed by atoms with Crippen molar-refractivity contribution in [1.29, 1.82) is 0 Å². The number of carbonyl (C=O) groups excluding carboxylic acids is 1. The van der Waals surface area contributed by atoms with Gasteiger partial charge in [-0.2, -0.15) is 0 Å². The average Bonchev–Trinajstić information content (AvgIpc) is 2.52. The molecule has 1 N–H and O–H groups in total. The molecule has 0 spiro atoms. The van der Waals surface area contributed by atoms with Gasteiger partial charge in [-0.15, -0.1) is 0 Å². The Hall–Kier alpha value is -1.43. The summed E-state index contributed by atoms with van der Waals surface area (Å²) in [4.78, 5) is 14.4. The van der Waals surface area contributed by atoms with Crippen molar-refractivity contribution in [2.45, 2.75) is 58.6 Å². The number of anilines is 1. The molecule has 1 saturated heterocycles. The number of rotatable bonds is 4. The summed E-state index contributed by atoms with van der Waals surface area (Å²) < 4.78 is 12.0. The highest BCUT2D eigenvalue weighted by Gasteiger charge is 2.30. The van der Waals surface area contributed by atoms with E-state index in [9.17, 15) is 4.79 Å². The first-order chi connectivity index (χ1) is 11.7. The van der Waals surface area contributed by atoms with E-state index < -0.39 is 5.60 Å². The van der Waals surface area contributed by atoms with Gasteiger partial charge in [-0.3, -0.25) is 0 Å². The van der Waals surface area contributed by atoms with Crippen molar-refractivity contribution in [2.75, 3.05) is 25.5 Å². The fourth-order valence-electron chi connectivity index (χ4n) is 3.09. The van der Waals surface area contributed by atoms with Crippen molar-refractivity contribution in [1.82, 2.24) is 4.90 Å². The molecule has 1 aromatic carbocycles. The third-order valence-corrected chi connectivity index (χ3v) is 4.71. The number of piperidine rings is 1. The molecule has 0 bridgehead atoms. The molecule has 1 atom stereocenters. The zero-order valence-corrected chi connectivity index (χ0v) is 17.4. The first-order valence-electron chi connectivity index (χ1n) is 8.79. The van der Waals surface area contributed by atoms with Gasteiger partial charge in [0, 0.05) is 17.6 Å². The summed E-state index contributed by atoms with van der Waals surface area (Å²) >= 11 is 3.49. The van der Waals surface area contributed by atoms with E-state index in [4.69, 9.17) is 9.47 Å². The van der Waals surface area contributed by atoms with E-state index >= 15 is 0 Å². The molecular formula is C19H29BrN2O3. The van der Waals surface area contributed by atoms with Crippen molar-refractivity contribution in [2.24, 2.45) is 0 Å². The van der Waals surface area contributed by atoms with Crippen LogP contribution in [0.1, 0.15) is 45.6 Å². The lowest BCUT2D eigenvalue weighted by Gasteiger charge is -2.37. The van der Waals surface area contributed by atoms with E-state index in [1.807, 2.05) is 38.7 Å². The van der Waals surface area contributed by atoms with Gasteiger partial charge >= 0.3 is 6.09 Å². The van der Waals surface area contributed by atoms with E-state index in [0.717, 1.165) is 47.3 Å². The largest absolute Gasteiger partial charge is 0.495 e. The average molecular weight is 413 g/mol. The summed E-state index contributed by atoms with van der Waals surface area (Å²) in [7, 11) is 1.67. The number of halogens is 1. The molecule has 1 heterocycles. The predicted octanol–water partition coefficient (Wildman–Crippen LogP) is 4.97. The van der Waals surface area contributed by atoms with Crippen LogP contribution in [0, 0.1) is 6.92 Å². The van der Waals surface area contributed by atoms with Crippen LogP contribution in [0.5, 0.6) is 5.75 Å². The number of benzene rings is 1. The molecule has 1 amide bonds. The first-order valence-corrected chi connectivity index (χ1v) is 9.58. The Bertz CT molecular complexity index is 613. The molecule has 140 valence electrons. The fraction of sp³-hybridized carbons (Fsp3) is 0.632. The summed E-state index contributed by atoms with van der Waals surface area (Å²) in [6, 6.07) is 4.12. The second-order valence-corrected chi connectivity index (χ2v) is 8.42. The summed E-state index contributed by atoms with van der Waals surface area (Å²) in [5.41, 5.74) is 1.60. The van der Waals surface area contributed by atoms with Crippen molar-refractivity contribution in [3.8, 4) is 5.75 Å². The van der Waals surface area contributed by atoms with Gasteiger partial charge in [-0.05, 0) is 64.7 Å². The number of methoxy groups -OCH3 is 1. The molecule has 5 nitrogen and oxygen atoms in total. The van der Waals surface area contributed by atoms with Gasteiger partial charge in [-0.25, -0.2) is 4.79 Å². The van der Waals surface area contributed by atoms with Gasteiger partial charge in [0.2, 0.25) is 0 Å². The molecule has 1 aromatic rings. The second kappa shape index (κ2) is 8.30. The molecule has 25 heavy (non-hydrogen) atoms. The maximum atomic E-state index is 12.5. The van der Waals surface area contributed by atoms with Crippen molar-refractivity contribution < 1.29 is 14.3 Å². The van der Waals surface area contributed by atoms with E-state index in [1.54, 1.807) is 7.11 Å². The fourth-order valence-corrected chi connectivity index (χ4v) is 3.64. The Kier molecular flexibility index (Phi) is 6.60. The Balaban J connectivity index is 2.09.